The number of thiophene rings is 1. The molecule has 23 heavy (non-hydrogen) atoms. The third-order valence-corrected chi connectivity index (χ3v) is 4.28. The van der Waals surface area contributed by atoms with E-state index in [4.69, 9.17) is 0 Å². The van der Waals surface area contributed by atoms with E-state index in [2.05, 4.69) is 16.2 Å². The maximum Gasteiger partial charge on any atom is 0.327 e. The average Bonchev–Trinajstić information content (AvgIpc) is 3.25. The molecule has 3 amide bonds. The van der Waals surface area contributed by atoms with Gasteiger partial charge in [-0.3, -0.25) is 25.2 Å². The summed E-state index contributed by atoms with van der Waals surface area (Å²) in [4.78, 5) is 35.8. The fourth-order valence-electron chi connectivity index (χ4n) is 2.04. The van der Waals surface area contributed by atoms with Crippen LogP contribution in [0.2, 0.25) is 0 Å². The van der Waals surface area contributed by atoms with E-state index in [1.807, 2.05) is 36.4 Å². The van der Waals surface area contributed by atoms with Crippen LogP contribution in [0.25, 0.3) is 11.1 Å². The molecule has 2 aromatic rings. The Morgan fingerprint density at radius 1 is 0.957 bits per heavy atom. The first-order chi connectivity index (χ1) is 11.1. The summed E-state index contributed by atoms with van der Waals surface area (Å²) in [5, 5.41) is 4.35. The number of carbonyl (C=O) groups is 3. The SMILES string of the molecule is O=C(NNC(=O)c1sccc1-c1ccccc1)C(=O)NC1CC1. The van der Waals surface area contributed by atoms with Crippen LogP contribution in [0.15, 0.2) is 41.8 Å². The molecule has 7 heteroatoms. The van der Waals surface area contributed by atoms with Gasteiger partial charge in [-0.25, -0.2) is 0 Å². The van der Waals surface area contributed by atoms with Crippen molar-refractivity contribution >= 4 is 29.1 Å². The van der Waals surface area contributed by atoms with Crippen LogP contribution in [0.4, 0.5) is 0 Å². The predicted molar refractivity (Wildman–Crippen MR) is 86.5 cm³/mol. The van der Waals surface area contributed by atoms with Crippen molar-refractivity contribution in [1.82, 2.24) is 16.2 Å². The molecule has 0 radical (unpaired) electrons. The second kappa shape index (κ2) is 6.62. The largest absolute Gasteiger partial charge is 0.345 e. The third-order valence-electron chi connectivity index (χ3n) is 3.36. The van der Waals surface area contributed by atoms with E-state index in [-0.39, 0.29) is 6.04 Å². The lowest BCUT2D eigenvalue weighted by Gasteiger charge is -2.08. The van der Waals surface area contributed by atoms with Gasteiger partial charge in [0.15, 0.2) is 0 Å². The number of hydrogen-bond donors (Lipinski definition) is 3. The number of hydrazine groups is 1. The molecule has 0 aliphatic heterocycles. The molecule has 0 atom stereocenters. The van der Waals surface area contributed by atoms with E-state index >= 15 is 0 Å². The Balaban J connectivity index is 1.62. The topological polar surface area (TPSA) is 87.3 Å². The van der Waals surface area contributed by atoms with Crippen molar-refractivity contribution in [1.29, 1.82) is 0 Å². The zero-order valence-electron chi connectivity index (χ0n) is 12.2. The van der Waals surface area contributed by atoms with Crippen molar-refractivity contribution in [2.45, 2.75) is 18.9 Å². The minimum atomic E-state index is -0.872. The summed E-state index contributed by atoms with van der Waals surface area (Å²) < 4.78 is 0. The molecule has 1 aliphatic rings. The molecule has 0 saturated heterocycles. The fraction of sp³-hybridized carbons (Fsp3) is 0.188. The molecule has 6 nitrogen and oxygen atoms in total. The van der Waals surface area contributed by atoms with Crippen molar-refractivity contribution in [2.24, 2.45) is 0 Å². The molecule has 3 rings (SSSR count). The van der Waals surface area contributed by atoms with Crippen LogP contribution in [-0.2, 0) is 9.59 Å². The first-order valence-corrected chi connectivity index (χ1v) is 8.07. The van der Waals surface area contributed by atoms with Gasteiger partial charge in [0.05, 0.1) is 0 Å². The second-order valence-corrected chi connectivity index (χ2v) is 6.10. The van der Waals surface area contributed by atoms with Gasteiger partial charge >= 0.3 is 11.8 Å². The van der Waals surface area contributed by atoms with Gasteiger partial charge < -0.3 is 5.32 Å². The Hall–Kier alpha value is -2.67. The number of nitrogens with one attached hydrogen (secondary N) is 3. The first-order valence-electron chi connectivity index (χ1n) is 7.19. The molecule has 1 fully saturated rings. The van der Waals surface area contributed by atoms with Crippen LogP contribution < -0.4 is 16.2 Å². The summed E-state index contributed by atoms with van der Waals surface area (Å²) in [5.41, 5.74) is 6.11. The zero-order chi connectivity index (χ0) is 16.2. The Bertz CT molecular complexity index is 738. The van der Waals surface area contributed by atoms with Gasteiger partial charge in [0.2, 0.25) is 0 Å². The highest BCUT2D eigenvalue weighted by Gasteiger charge is 2.26. The van der Waals surface area contributed by atoms with Crippen LogP contribution in [0.1, 0.15) is 22.5 Å². The van der Waals surface area contributed by atoms with E-state index < -0.39 is 17.7 Å². The highest BCUT2D eigenvalue weighted by Crippen LogP contribution is 2.27. The van der Waals surface area contributed by atoms with Gasteiger partial charge in [-0.1, -0.05) is 30.3 Å². The van der Waals surface area contributed by atoms with Crippen LogP contribution in [0.3, 0.4) is 0 Å². The third kappa shape index (κ3) is 3.75. The van der Waals surface area contributed by atoms with Crippen LogP contribution >= 0.6 is 11.3 Å². The van der Waals surface area contributed by atoms with Crippen LogP contribution in [0.5, 0.6) is 0 Å². The van der Waals surface area contributed by atoms with Crippen molar-refractivity contribution in [2.75, 3.05) is 0 Å². The van der Waals surface area contributed by atoms with Gasteiger partial charge in [-0.15, -0.1) is 11.3 Å². The molecular weight excluding hydrogens is 314 g/mol. The Morgan fingerprint density at radius 2 is 1.70 bits per heavy atom. The van der Waals surface area contributed by atoms with E-state index in [1.165, 1.54) is 11.3 Å². The van der Waals surface area contributed by atoms with Gasteiger partial charge in [0.1, 0.15) is 4.88 Å². The minimum Gasteiger partial charge on any atom is -0.345 e. The molecule has 1 aliphatic carbocycles. The monoisotopic (exact) mass is 329 g/mol. The van der Waals surface area contributed by atoms with Crippen LogP contribution in [-0.4, -0.2) is 23.8 Å². The molecule has 1 aromatic carbocycles. The van der Waals surface area contributed by atoms with Crippen molar-refractivity contribution < 1.29 is 14.4 Å². The first kappa shape index (κ1) is 15.2. The number of benzene rings is 1. The number of rotatable bonds is 3. The van der Waals surface area contributed by atoms with E-state index in [0.29, 0.717) is 4.88 Å². The minimum absolute atomic E-state index is 0.0888. The van der Waals surface area contributed by atoms with E-state index in [0.717, 1.165) is 24.0 Å². The summed E-state index contributed by atoms with van der Waals surface area (Å²) in [6.07, 6.45) is 1.78. The number of amides is 3. The maximum absolute atomic E-state index is 12.2. The summed E-state index contributed by atoms with van der Waals surface area (Å²) in [6.45, 7) is 0. The Kier molecular flexibility index (Phi) is 4.38. The lowest BCUT2D eigenvalue weighted by molar-refractivity contribution is -0.139. The quantitative estimate of drug-likeness (QED) is 0.588. The molecule has 0 spiro atoms. The summed E-state index contributed by atoms with van der Waals surface area (Å²) >= 11 is 1.27. The van der Waals surface area contributed by atoms with Gasteiger partial charge in [0, 0.05) is 11.6 Å². The average molecular weight is 329 g/mol. The molecule has 1 heterocycles. The zero-order valence-corrected chi connectivity index (χ0v) is 13.0. The fourth-order valence-corrected chi connectivity index (χ4v) is 2.85. The van der Waals surface area contributed by atoms with E-state index in [1.54, 1.807) is 5.38 Å². The molecule has 1 saturated carbocycles. The van der Waals surface area contributed by atoms with Crippen LogP contribution in [0, 0.1) is 0 Å². The molecule has 118 valence electrons. The van der Waals surface area contributed by atoms with Gasteiger partial charge in [0.25, 0.3) is 5.91 Å². The molecular formula is C16H15N3O3S. The van der Waals surface area contributed by atoms with Crippen molar-refractivity contribution in [3.8, 4) is 11.1 Å². The molecule has 3 N–H and O–H groups in total. The highest BCUT2D eigenvalue weighted by molar-refractivity contribution is 7.12. The maximum atomic E-state index is 12.2. The summed E-state index contributed by atoms with van der Waals surface area (Å²) in [7, 11) is 0. The van der Waals surface area contributed by atoms with Gasteiger partial charge in [-0.2, -0.15) is 0 Å². The molecule has 0 bridgehead atoms. The van der Waals surface area contributed by atoms with Crippen molar-refractivity contribution in [3.05, 3.63) is 46.7 Å². The summed E-state index contributed by atoms with van der Waals surface area (Å²) in [5.74, 6) is -2.06. The predicted octanol–water partition coefficient (Wildman–Crippen LogP) is 1.45. The molecule has 1 aromatic heterocycles. The second-order valence-electron chi connectivity index (χ2n) is 5.19. The lowest BCUT2D eigenvalue weighted by atomic mass is 10.1. The standard InChI is InChI=1S/C16H15N3O3S/c20-14(18-19-16(22)15(21)17-11-6-7-11)13-12(8-9-23-13)10-4-2-1-3-5-10/h1-5,8-9,11H,6-7H2,(H,17,21)(H,18,20)(H,19,22). The number of hydrogen-bond acceptors (Lipinski definition) is 4. The summed E-state index contributed by atoms with van der Waals surface area (Å²) in [6, 6.07) is 11.4. The Morgan fingerprint density at radius 3 is 2.39 bits per heavy atom. The van der Waals surface area contributed by atoms with E-state index in [9.17, 15) is 14.4 Å². The lowest BCUT2D eigenvalue weighted by Crippen LogP contribution is -2.48. The van der Waals surface area contributed by atoms with Crippen molar-refractivity contribution in [3.63, 3.8) is 0 Å². The molecule has 0 unspecified atom stereocenters. The Labute approximate surface area is 136 Å². The number of carbonyl (C=O) groups excluding carboxylic acids is 3. The normalized spacial score (nSPS) is 13.2. The van der Waals surface area contributed by atoms with Gasteiger partial charge in [-0.05, 0) is 29.9 Å². The highest BCUT2D eigenvalue weighted by atomic mass is 32.1. The smallest absolute Gasteiger partial charge is 0.327 e.